The molecule has 2 aliphatic heterocycles. The molecule has 0 radical (unpaired) electrons. The predicted molar refractivity (Wildman–Crippen MR) is 99.6 cm³/mol. The van der Waals surface area contributed by atoms with Crippen molar-refractivity contribution in [1.82, 2.24) is 14.9 Å². The Labute approximate surface area is 163 Å². The number of hydrogen-bond acceptors (Lipinski definition) is 7. The lowest BCUT2D eigenvalue weighted by atomic mass is 10.2. The minimum absolute atomic E-state index is 0.0838. The van der Waals surface area contributed by atoms with Gasteiger partial charge in [0.25, 0.3) is 5.91 Å². The van der Waals surface area contributed by atoms with Gasteiger partial charge in [0, 0.05) is 36.6 Å². The number of fused-ring (bicyclic) bond motifs is 1. The van der Waals surface area contributed by atoms with Gasteiger partial charge >= 0.3 is 0 Å². The number of carbonyl (C=O) groups excluding carboxylic acids is 1. The number of pyridine rings is 2. The van der Waals surface area contributed by atoms with Crippen molar-refractivity contribution in [1.29, 1.82) is 0 Å². The first-order chi connectivity index (χ1) is 13.6. The number of aryl methyl sites for hydroxylation is 1. The molecular formula is C20H23N3O5. The molecule has 8 nitrogen and oxygen atoms in total. The van der Waals surface area contributed by atoms with E-state index in [9.17, 15) is 4.79 Å². The standard InChI is InChI=1S/C20H23N3O5/c1-13-3-4-15(8-22-13)28-16-11-26-17-9-23(10-18(17)27-12-16)20(24)14-5-6-21-19(7-14)25-2/h3-8,16-18H,9-12H2,1-2H3/t17-,18-/m0/s1. The van der Waals surface area contributed by atoms with Gasteiger partial charge in [-0.1, -0.05) is 0 Å². The van der Waals surface area contributed by atoms with Crippen LogP contribution >= 0.6 is 0 Å². The number of likely N-dealkylation sites (tertiary alicyclic amines) is 1. The second-order valence-corrected chi connectivity index (χ2v) is 6.92. The Balaban J connectivity index is 1.35. The van der Waals surface area contributed by atoms with Crippen LogP contribution in [0.2, 0.25) is 0 Å². The summed E-state index contributed by atoms with van der Waals surface area (Å²) in [7, 11) is 1.53. The average Bonchev–Trinajstić information content (AvgIpc) is 3.05. The topological polar surface area (TPSA) is 83.0 Å². The molecule has 2 aromatic heterocycles. The molecule has 28 heavy (non-hydrogen) atoms. The van der Waals surface area contributed by atoms with E-state index in [1.807, 2.05) is 19.1 Å². The summed E-state index contributed by atoms with van der Waals surface area (Å²) >= 11 is 0. The van der Waals surface area contributed by atoms with E-state index in [1.165, 1.54) is 7.11 Å². The third-order valence-electron chi connectivity index (χ3n) is 4.87. The highest BCUT2D eigenvalue weighted by atomic mass is 16.6. The van der Waals surface area contributed by atoms with Crippen LogP contribution in [0.3, 0.4) is 0 Å². The maximum atomic E-state index is 12.8. The highest BCUT2D eigenvalue weighted by Crippen LogP contribution is 2.24. The fourth-order valence-electron chi connectivity index (χ4n) is 3.36. The zero-order valence-electron chi connectivity index (χ0n) is 15.9. The Morgan fingerprint density at radius 3 is 2.54 bits per heavy atom. The summed E-state index contributed by atoms with van der Waals surface area (Å²) in [6.07, 6.45) is 2.72. The first-order valence-corrected chi connectivity index (χ1v) is 9.24. The van der Waals surface area contributed by atoms with Gasteiger partial charge in [-0.2, -0.15) is 0 Å². The van der Waals surface area contributed by atoms with Gasteiger partial charge in [0.1, 0.15) is 24.1 Å². The minimum atomic E-state index is -0.205. The zero-order chi connectivity index (χ0) is 19.5. The van der Waals surface area contributed by atoms with Crippen LogP contribution in [0.1, 0.15) is 16.1 Å². The maximum Gasteiger partial charge on any atom is 0.254 e. The molecule has 0 unspecified atom stereocenters. The van der Waals surface area contributed by atoms with Crippen LogP contribution in [0.25, 0.3) is 0 Å². The van der Waals surface area contributed by atoms with E-state index in [0.717, 1.165) is 5.69 Å². The molecule has 0 spiro atoms. The Bertz CT molecular complexity index is 813. The quantitative estimate of drug-likeness (QED) is 0.788. The van der Waals surface area contributed by atoms with Crippen LogP contribution in [-0.4, -0.2) is 72.5 Å². The summed E-state index contributed by atoms with van der Waals surface area (Å²) in [4.78, 5) is 22.8. The van der Waals surface area contributed by atoms with Crippen molar-refractivity contribution in [2.24, 2.45) is 0 Å². The van der Waals surface area contributed by atoms with Crippen molar-refractivity contribution < 1.29 is 23.7 Å². The van der Waals surface area contributed by atoms with E-state index in [4.69, 9.17) is 18.9 Å². The summed E-state index contributed by atoms with van der Waals surface area (Å²) in [6.45, 7) is 3.69. The Morgan fingerprint density at radius 2 is 1.89 bits per heavy atom. The fourth-order valence-corrected chi connectivity index (χ4v) is 3.36. The van der Waals surface area contributed by atoms with E-state index in [-0.39, 0.29) is 24.2 Å². The fraction of sp³-hybridized carbons (Fsp3) is 0.450. The van der Waals surface area contributed by atoms with Gasteiger partial charge in [-0.3, -0.25) is 9.78 Å². The SMILES string of the molecule is COc1cc(C(=O)N2C[C@@H]3OCC(Oc4ccc(C)nc4)CO[C@H]3C2)ccn1. The van der Waals surface area contributed by atoms with E-state index >= 15 is 0 Å². The molecule has 0 bridgehead atoms. The summed E-state index contributed by atoms with van der Waals surface area (Å²) in [5.74, 6) is 1.02. The van der Waals surface area contributed by atoms with Crippen molar-refractivity contribution in [2.75, 3.05) is 33.4 Å². The van der Waals surface area contributed by atoms with Gasteiger partial charge in [-0.15, -0.1) is 0 Å². The van der Waals surface area contributed by atoms with Gasteiger partial charge in [-0.25, -0.2) is 4.98 Å². The van der Waals surface area contributed by atoms with Crippen molar-refractivity contribution in [3.8, 4) is 11.6 Å². The van der Waals surface area contributed by atoms with E-state index < -0.39 is 0 Å². The number of methoxy groups -OCH3 is 1. The highest BCUT2D eigenvalue weighted by molar-refractivity contribution is 5.94. The lowest BCUT2D eigenvalue weighted by Crippen LogP contribution is -2.32. The Hall–Kier alpha value is -2.71. The average molecular weight is 385 g/mol. The van der Waals surface area contributed by atoms with Gasteiger partial charge in [0.05, 0.1) is 26.5 Å². The molecule has 2 aromatic rings. The predicted octanol–water partition coefficient (Wildman–Crippen LogP) is 1.48. The number of carbonyl (C=O) groups is 1. The second-order valence-electron chi connectivity index (χ2n) is 6.92. The molecule has 2 fully saturated rings. The van der Waals surface area contributed by atoms with Crippen LogP contribution in [0.4, 0.5) is 0 Å². The largest absolute Gasteiger partial charge is 0.484 e. The highest BCUT2D eigenvalue weighted by Gasteiger charge is 2.40. The van der Waals surface area contributed by atoms with Crippen molar-refractivity contribution >= 4 is 5.91 Å². The maximum absolute atomic E-state index is 12.8. The molecule has 8 heteroatoms. The molecule has 0 N–H and O–H groups in total. The normalized spacial score (nSPS) is 22.4. The molecule has 2 atom stereocenters. The Kier molecular flexibility index (Phi) is 5.40. The van der Waals surface area contributed by atoms with E-state index in [2.05, 4.69) is 9.97 Å². The number of rotatable bonds is 4. The number of aromatic nitrogens is 2. The molecule has 148 valence electrons. The van der Waals surface area contributed by atoms with Crippen LogP contribution in [-0.2, 0) is 9.47 Å². The lowest BCUT2D eigenvalue weighted by Gasteiger charge is -2.19. The molecule has 4 rings (SSSR count). The monoisotopic (exact) mass is 385 g/mol. The first-order valence-electron chi connectivity index (χ1n) is 9.24. The molecule has 2 aliphatic rings. The zero-order valence-corrected chi connectivity index (χ0v) is 15.9. The molecule has 0 aromatic carbocycles. The van der Waals surface area contributed by atoms with Gasteiger partial charge < -0.3 is 23.8 Å². The van der Waals surface area contributed by atoms with Crippen molar-refractivity contribution in [3.05, 3.63) is 47.9 Å². The third kappa shape index (κ3) is 4.07. The number of amides is 1. The molecule has 0 saturated carbocycles. The van der Waals surface area contributed by atoms with Gasteiger partial charge in [0.15, 0.2) is 0 Å². The molecule has 1 amide bonds. The number of hydrogen-bond donors (Lipinski definition) is 0. The second kappa shape index (κ2) is 8.12. The third-order valence-corrected chi connectivity index (χ3v) is 4.87. The summed E-state index contributed by atoms with van der Waals surface area (Å²) in [6, 6.07) is 7.11. The smallest absolute Gasteiger partial charge is 0.254 e. The molecule has 2 saturated heterocycles. The van der Waals surface area contributed by atoms with Crippen molar-refractivity contribution in [3.63, 3.8) is 0 Å². The van der Waals surface area contributed by atoms with Gasteiger partial charge in [0.2, 0.25) is 5.88 Å². The molecular weight excluding hydrogens is 362 g/mol. The lowest BCUT2D eigenvalue weighted by molar-refractivity contribution is -0.00461. The molecule has 0 aliphatic carbocycles. The molecule has 4 heterocycles. The van der Waals surface area contributed by atoms with Crippen LogP contribution in [0.15, 0.2) is 36.7 Å². The summed E-state index contributed by atoms with van der Waals surface area (Å²) in [5.41, 5.74) is 1.48. The first kappa shape index (κ1) is 18.6. The van der Waals surface area contributed by atoms with Crippen molar-refractivity contribution in [2.45, 2.75) is 25.2 Å². The summed E-state index contributed by atoms with van der Waals surface area (Å²) in [5, 5.41) is 0. The van der Waals surface area contributed by atoms with Crippen LogP contribution < -0.4 is 9.47 Å². The number of ether oxygens (including phenoxy) is 4. The Morgan fingerprint density at radius 1 is 1.14 bits per heavy atom. The van der Waals surface area contributed by atoms with E-state index in [1.54, 1.807) is 29.4 Å². The number of nitrogens with zero attached hydrogens (tertiary/aromatic N) is 3. The van der Waals surface area contributed by atoms with Crippen LogP contribution in [0.5, 0.6) is 11.6 Å². The van der Waals surface area contributed by atoms with Gasteiger partial charge in [-0.05, 0) is 25.1 Å². The summed E-state index contributed by atoms with van der Waals surface area (Å²) < 4.78 is 23.0. The minimum Gasteiger partial charge on any atom is -0.484 e. The van der Waals surface area contributed by atoms with E-state index in [0.29, 0.717) is 43.5 Å². The van der Waals surface area contributed by atoms with Crippen LogP contribution in [0, 0.1) is 6.92 Å².